The number of likely N-dealkylation sites (N-methyl/N-ethyl adjacent to an activating group) is 2. The van der Waals surface area contributed by atoms with Crippen LogP contribution in [0.2, 0.25) is 0 Å². The average molecular weight is 296 g/mol. The Kier molecular flexibility index (Phi) is 5.67. The summed E-state index contributed by atoms with van der Waals surface area (Å²) >= 11 is 0. The first kappa shape index (κ1) is 16.8. The molecule has 1 N–H and O–H groups in total. The van der Waals surface area contributed by atoms with Crippen LogP contribution in [0.4, 0.5) is 0 Å². The summed E-state index contributed by atoms with van der Waals surface area (Å²) < 4.78 is 5.38. The maximum atomic E-state index is 12.5. The molecule has 2 fully saturated rings. The fourth-order valence-electron chi connectivity index (χ4n) is 3.79. The third-order valence-corrected chi connectivity index (χ3v) is 5.47. The van der Waals surface area contributed by atoms with Gasteiger partial charge < -0.3 is 15.0 Å². The number of hydrogen-bond acceptors (Lipinski definition) is 4. The number of esters is 1. The summed E-state index contributed by atoms with van der Waals surface area (Å²) in [5, 5.41) is 3.32. The van der Waals surface area contributed by atoms with Crippen molar-refractivity contribution in [2.45, 2.75) is 64.0 Å². The highest BCUT2D eigenvalue weighted by atomic mass is 16.5. The van der Waals surface area contributed by atoms with Crippen LogP contribution in [-0.2, 0) is 9.53 Å². The molecule has 0 saturated heterocycles. The molecule has 0 heterocycles. The van der Waals surface area contributed by atoms with E-state index in [0.717, 1.165) is 25.3 Å². The lowest BCUT2D eigenvalue weighted by Crippen LogP contribution is -2.61. The van der Waals surface area contributed by atoms with E-state index in [1.165, 1.54) is 25.7 Å². The van der Waals surface area contributed by atoms with Crippen molar-refractivity contribution in [2.24, 2.45) is 11.8 Å². The number of carbonyl (C=O) groups is 1. The quantitative estimate of drug-likeness (QED) is 0.733. The normalized spacial score (nSPS) is 29.2. The van der Waals surface area contributed by atoms with Crippen LogP contribution >= 0.6 is 0 Å². The molecule has 4 heteroatoms. The Morgan fingerprint density at radius 3 is 2.33 bits per heavy atom. The molecule has 1 atom stereocenters. The lowest BCUT2D eigenvalue weighted by Gasteiger charge is -2.40. The molecule has 0 aromatic rings. The van der Waals surface area contributed by atoms with Crippen molar-refractivity contribution in [3.63, 3.8) is 0 Å². The van der Waals surface area contributed by atoms with Crippen LogP contribution in [-0.4, -0.2) is 49.7 Å². The zero-order valence-corrected chi connectivity index (χ0v) is 14.2. The van der Waals surface area contributed by atoms with E-state index in [2.05, 4.69) is 24.2 Å². The van der Waals surface area contributed by atoms with Crippen molar-refractivity contribution in [2.75, 3.05) is 27.2 Å². The van der Waals surface area contributed by atoms with E-state index in [1.807, 2.05) is 14.0 Å². The van der Waals surface area contributed by atoms with Crippen molar-refractivity contribution in [1.82, 2.24) is 10.2 Å². The molecule has 0 amide bonds. The van der Waals surface area contributed by atoms with Gasteiger partial charge in [0, 0.05) is 12.6 Å². The van der Waals surface area contributed by atoms with Gasteiger partial charge in [0.2, 0.25) is 0 Å². The van der Waals surface area contributed by atoms with Crippen molar-refractivity contribution >= 4 is 5.97 Å². The zero-order chi connectivity index (χ0) is 15.5. The van der Waals surface area contributed by atoms with Crippen molar-refractivity contribution in [3.8, 4) is 0 Å². The number of nitrogens with zero attached hydrogens (tertiary/aromatic N) is 1. The first-order valence-corrected chi connectivity index (χ1v) is 8.59. The lowest BCUT2D eigenvalue weighted by atomic mass is 9.85. The van der Waals surface area contributed by atoms with Gasteiger partial charge in [0.25, 0.3) is 0 Å². The highest BCUT2D eigenvalue weighted by molar-refractivity contribution is 5.82. The third kappa shape index (κ3) is 3.78. The number of hydrogen-bond donors (Lipinski definition) is 1. The Bertz CT molecular complexity index is 349. The molecular formula is C17H32N2O2. The molecule has 2 aliphatic rings. The van der Waals surface area contributed by atoms with E-state index in [4.69, 9.17) is 4.74 Å². The fourth-order valence-corrected chi connectivity index (χ4v) is 3.79. The zero-order valence-electron chi connectivity index (χ0n) is 14.2. The van der Waals surface area contributed by atoms with E-state index in [-0.39, 0.29) is 5.97 Å². The van der Waals surface area contributed by atoms with Gasteiger partial charge in [-0.3, -0.25) is 0 Å². The van der Waals surface area contributed by atoms with Gasteiger partial charge in [0.05, 0.1) is 6.61 Å². The predicted octanol–water partition coefficient (Wildman–Crippen LogP) is 2.43. The Balaban J connectivity index is 2.02. The first-order valence-electron chi connectivity index (χ1n) is 8.59. The Morgan fingerprint density at radius 2 is 1.86 bits per heavy atom. The van der Waals surface area contributed by atoms with Crippen molar-refractivity contribution < 1.29 is 9.53 Å². The van der Waals surface area contributed by atoms with Gasteiger partial charge in [-0.05, 0) is 71.4 Å². The van der Waals surface area contributed by atoms with Gasteiger partial charge in [-0.2, -0.15) is 0 Å². The summed E-state index contributed by atoms with van der Waals surface area (Å²) in [5.41, 5.74) is -0.506. The molecule has 122 valence electrons. The highest BCUT2D eigenvalue weighted by Gasteiger charge is 2.52. The van der Waals surface area contributed by atoms with Crippen LogP contribution < -0.4 is 5.32 Å². The van der Waals surface area contributed by atoms with Crippen molar-refractivity contribution in [3.05, 3.63) is 0 Å². The van der Waals surface area contributed by atoms with Crippen LogP contribution in [0.1, 0.15) is 52.4 Å². The van der Waals surface area contributed by atoms with E-state index >= 15 is 0 Å². The summed E-state index contributed by atoms with van der Waals surface area (Å²) in [5.74, 6) is 1.23. The predicted molar refractivity (Wildman–Crippen MR) is 85.2 cm³/mol. The maximum Gasteiger partial charge on any atom is 0.327 e. The fraction of sp³-hybridized carbons (Fsp3) is 0.941. The van der Waals surface area contributed by atoms with Crippen LogP contribution in [0.15, 0.2) is 0 Å². The smallest absolute Gasteiger partial charge is 0.327 e. The molecule has 21 heavy (non-hydrogen) atoms. The number of rotatable bonds is 7. The molecule has 4 nitrogen and oxygen atoms in total. The van der Waals surface area contributed by atoms with Crippen LogP contribution in [0.3, 0.4) is 0 Å². The van der Waals surface area contributed by atoms with Crippen LogP contribution in [0.5, 0.6) is 0 Å². The summed E-state index contributed by atoms with van der Waals surface area (Å²) in [6.45, 7) is 5.46. The molecule has 0 bridgehead atoms. The van der Waals surface area contributed by atoms with E-state index in [0.29, 0.717) is 18.6 Å². The molecule has 0 spiro atoms. The summed E-state index contributed by atoms with van der Waals surface area (Å²) in [7, 11) is 4.08. The molecule has 0 radical (unpaired) electrons. The second kappa shape index (κ2) is 7.10. The second-order valence-electron chi connectivity index (χ2n) is 7.04. The molecule has 2 aliphatic carbocycles. The average Bonchev–Trinajstić information content (AvgIpc) is 3.30. The Labute approximate surface area is 129 Å². The van der Waals surface area contributed by atoms with Gasteiger partial charge in [0.1, 0.15) is 5.54 Å². The molecule has 0 aromatic heterocycles. The molecular weight excluding hydrogens is 264 g/mol. The monoisotopic (exact) mass is 296 g/mol. The maximum absolute atomic E-state index is 12.5. The molecule has 1 unspecified atom stereocenters. The number of ether oxygens (including phenoxy) is 1. The van der Waals surface area contributed by atoms with E-state index in [1.54, 1.807) is 0 Å². The number of nitrogens with one attached hydrogen (secondary N) is 1. The van der Waals surface area contributed by atoms with Gasteiger partial charge in [0.15, 0.2) is 0 Å². The third-order valence-electron chi connectivity index (χ3n) is 5.47. The topological polar surface area (TPSA) is 41.6 Å². The van der Waals surface area contributed by atoms with Crippen molar-refractivity contribution in [1.29, 1.82) is 0 Å². The van der Waals surface area contributed by atoms with Gasteiger partial charge in [-0.1, -0.05) is 6.92 Å². The SMILES string of the molecule is CCOC(=O)C(CN(C)C1CCC(C)CC1)(NC)C1CC1. The second-order valence-corrected chi connectivity index (χ2v) is 7.04. The first-order chi connectivity index (χ1) is 10.0. The minimum atomic E-state index is -0.506. The minimum absolute atomic E-state index is 0.0639. The largest absolute Gasteiger partial charge is 0.465 e. The van der Waals surface area contributed by atoms with Gasteiger partial charge >= 0.3 is 5.97 Å². The molecule has 0 aromatic carbocycles. The lowest BCUT2D eigenvalue weighted by molar-refractivity contribution is -0.153. The van der Waals surface area contributed by atoms with Crippen LogP contribution in [0, 0.1) is 11.8 Å². The minimum Gasteiger partial charge on any atom is -0.465 e. The molecule has 0 aliphatic heterocycles. The summed E-state index contributed by atoms with van der Waals surface area (Å²) in [4.78, 5) is 14.9. The van der Waals surface area contributed by atoms with Gasteiger partial charge in [-0.15, -0.1) is 0 Å². The van der Waals surface area contributed by atoms with E-state index < -0.39 is 5.54 Å². The standard InChI is InChI=1S/C17H32N2O2/c1-5-21-16(20)17(18-3,14-8-9-14)12-19(4)15-10-6-13(2)7-11-15/h13-15,18H,5-12H2,1-4H3. The van der Waals surface area contributed by atoms with E-state index in [9.17, 15) is 4.79 Å². The Hall–Kier alpha value is -0.610. The Morgan fingerprint density at radius 1 is 1.24 bits per heavy atom. The summed E-state index contributed by atoms with van der Waals surface area (Å²) in [6.07, 6.45) is 7.40. The molecule has 2 saturated carbocycles. The van der Waals surface area contributed by atoms with Crippen LogP contribution in [0.25, 0.3) is 0 Å². The molecule has 2 rings (SSSR count). The summed E-state index contributed by atoms with van der Waals surface area (Å²) in [6, 6.07) is 0.613. The highest BCUT2D eigenvalue weighted by Crippen LogP contribution is 2.41. The van der Waals surface area contributed by atoms with Gasteiger partial charge in [-0.25, -0.2) is 4.79 Å². The number of carbonyl (C=O) groups excluding carboxylic acids is 1.